The van der Waals surface area contributed by atoms with E-state index in [-0.39, 0.29) is 0 Å². The second kappa shape index (κ2) is 4.62. The van der Waals surface area contributed by atoms with E-state index in [1.165, 1.54) is 0 Å². The first-order chi connectivity index (χ1) is 6.91. The molecule has 0 aliphatic rings. The van der Waals surface area contributed by atoms with Gasteiger partial charge in [0.1, 0.15) is 5.75 Å². The predicted molar refractivity (Wildman–Crippen MR) is 57.0 cm³/mol. The van der Waals surface area contributed by atoms with Crippen LogP contribution in [-0.4, -0.2) is 11.6 Å². The maximum atomic E-state index is 12.4. The topological polar surface area (TPSA) is 26.3 Å². The number of halogens is 2. The summed E-state index contributed by atoms with van der Waals surface area (Å²) in [6.07, 6.45) is 0. The molecule has 0 spiro atoms. The zero-order chi connectivity index (χ0) is 11.6. The molecule has 0 aliphatic carbocycles. The first-order valence-electron chi connectivity index (χ1n) is 4.49. The van der Waals surface area contributed by atoms with E-state index in [4.69, 9.17) is 16.3 Å². The minimum absolute atomic E-state index is 0.383. The van der Waals surface area contributed by atoms with Crippen molar-refractivity contribution in [3.05, 3.63) is 28.8 Å². The van der Waals surface area contributed by atoms with E-state index in [0.29, 0.717) is 5.75 Å². The molecule has 0 N–H and O–H groups in total. The smallest absolute Gasteiger partial charge is 0.361 e. The van der Waals surface area contributed by atoms with Crippen LogP contribution in [0.4, 0.5) is 4.39 Å². The van der Waals surface area contributed by atoms with Gasteiger partial charge in [0.15, 0.2) is 0 Å². The van der Waals surface area contributed by atoms with Crippen molar-refractivity contribution in [3.63, 3.8) is 0 Å². The maximum Gasteiger partial charge on any atom is 0.361 e. The van der Waals surface area contributed by atoms with Gasteiger partial charge in [0, 0.05) is 0 Å². The first kappa shape index (κ1) is 12.0. The largest absolute Gasteiger partial charge is 0.423 e. The van der Waals surface area contributed by atoms with Crippen LogP contribution >= 0.6 is 11.6 Å². The van der Waals surface area contributed by atoms with E-state index in [9.17, 15) is 9.18 Å². The highest BCUT2D eigenvalue weighted by Gasteiger charge is 2.18. The molecule has 82 valence electrons. The molecule has 0 heterocycles. The predicted octanol–water partition coefficient (Wildman–Crippen LogP) is 3.05. The van der Waals surface area contributed by atoms with Crippen molar-refractivity contribution >= 4 is 17.6 Å². The van der Waals surface area contributed by atoms with E-state index >= 15 is 0 Å². The third kappa shape index (κ3) is 2.93. The Labute approximate surface area is 93.0 Å². The molecule has 1 aromatic carbocycles. The number of carbonyl (C=O) groups excluding carboxylic acids is 1. The number of hydrogen-bond acceptors (Lipinski definition) is 2. The zero-order valence-electron chi connectivity index (χ0n) is 8.80. The highest BCUT2D eigenvalue weighted by molar-refractivity contribution is 6.28. The molecule has 0 aromatic heterocycles. The Bertz CT molecular complexity index is 365. The van der Waals surface area contributed by atoms with Gasteiger partial charge in [0.05, 0.1) is 0 Å². The minimum atomic E-state index is -2.12. The molecule has 1 aromatic rings. The van der Waals surface area contributed by atoms with E-state index < -0.39 is 11.6 Å². The van der Waals surface area contributed by atoms with Gasteiger partial charge >= 0.3 is 5.97 Å². The summed E-state index contributed by atoms with van der Waals surface area (Å²) in [5.41, 5.74) is 0.522. The van der Waals surface area contributed by atoms with Crippen LogP contribution in [0.3, 0.4) is 0 Å². The van der Waals surface area contributed by atoms with Gasteiger partial charge in [-0.2, -0.15) is 0 Å². The van der Waals surface area contributed by atoms with E-state index in [1.54, 1.807) is 13.8 Å². The molecule has 0 fully saturated rings. The summed E-state index contributed by atoms with van der Waals surface area (Å²) in [6, 6.07) is 3.72. The molecule has 15 heavy (non-hydrogen) atoms. The Morgan fingerprint density at radius 3 is 2.20 bits per heavy atom. The monoisotopic (exact) mass is 230 g/mol. The van der Waals surface area contributed by atoms with Crippen LogP contribution in [0.25, 0.3) is 0 Å². The molecule has 0 amide bonds. The number of ether oxygens (including phenoxy) is 1. The molecular formula is C11H12ClFO2. The quantitative estimate of drug-likeness (QED) is 0.444. The van der Waals surface area contributed by atoms with Crippen LogP contribution in [0, 0.1) is 20.8 Å². The fourth-order valence-corrected chi connectivity index (χ4v) is 1.52. The summed E-state index contributed by atoms with van der Waals surface area (Å²) in [4.78, 5) is 11.0. The molecular weight excluding hydrogens is 219 g/mol. The molecule has 0 saturated heterocycles. The number of benzene rings is 1. The Kier molecular flexibility index (Phi) is 3.69. The fraction of sp³-hybridized carbons (Fsp3) is 0.364. The molecule has 0 radical (unpaired) electrons. The zero-order valence-corrected chi connectivity index (χ0v) is 9.56. The van der Waals surface area contributed by atoms with Crippen molar-refractivity contribution in [1.82, 2.24) is 0 Å². The summed E-state index contributed by atoms with van der Waals surface area (Å²) in [5.74, 6) is -0.694. The molecule has 1 rings (SSSR count). The number of aryl methyl sites for hydroxylation is 3. The lowest BCUT2D eigenvalue weighted by Gasteiger charge is -2.11. The third-order valence-electron chi connectivity index (χ3n) is 1.99. The second-order valence-corrected chi connectivity index (χ2v) is 3.83. The summed E-state index contributed by atoms with van der Waals surface area (Å²) >= 11 is 4.97. The number of alkyl halides is 2. The molecule has 4 heteroatoms. The summed E-state index contributed by atoms with van der Waals surface area (Å²) in [6.45, 7) is 5.53. The Morgan fingerprint density at radius 2 is 1.80 bits per heavy atom. The van der Waals surface area contributed by atoms with Crippen LogP contribution in [0.5, 0.6) is 5.75 Å². The van der Waals surface area contributed by atoms with E-state index in [2.05, 4.69) is 0 Å². The van der Waals surface area contributed by atoms with Crippen LogP contribution in [-0.2, 0) is 4.79 Å². The normalized spacial score (nSPS) is 12.3. The highest BCUT2D eigenvalue weighted by atomic mass is 35.5. The first-order valence-corrected chi connectivity index (χ1v) is 4.93. The van der Waals surface area contributed by atoms with Crippen molar-refractivity contribution in [2.45, 2.75) is 26.4 Å². The molecule has 1 atom stereocenters. The van der Waals surface area contributed by atoms with Crippen molar-refractivity contribution in [1.29, 1.82) is 0 Å². The van der Waals surface area contributed by atoms with Crippen LogP contribution in [0.2, 0.25) is 0 Å². The maximum absolute atomic E-state index is 12.4. The number of esters is 1. The molecule has 1 unspecified atom stereocenters. The van der Waals surface area contributed by atoms with Gasteiger partial charge in [-0.25, -0.2) is 9.18 Å². The standard InChI is InChI=1S/C11H12ClFO2/c1-6-4-7(2)9(8(3)5-6)15-11(14)10(12)13/h4-5,10H,1-3H3. The van der Waals surface area contributed by atoms with E-state index in [0.717, 1.165) is 16.7 Å². The number of rotatable bonds is 2. The number of carbonyl (C=O) groups is 1. The molecule has 2 nitrogen and oxygen atoms in total. The lowest BCUT2D eigenvalue weighted by atomic mass is 10.1. The Balaban J connectivity index is 3.00. The minimum Gasteiger partial charge on any atom is -0.423 e. The fourth-order valence-electron chi connectivity index (χ4n) is 1.47. The van der Waals surface area contributed by atoms with Gasteiger partial charge in [-0.1, -0.05) is 29.3 Å². The van der Waals surface area contributed by atoms with Crippen molar-refractivity contribution in [3.8, 4) is 5.75 Å². The lowest BCUT2D eigenvalue weighted by Crippen LogP contribution is -2.17. The molecule has 0 saturated carbocycles. The van der Waals surface area contributed by atoms with Crippen LogP contribution in [0.15, 0.2) is 12.1 Å². The van der Waals surface area contributed by atoms with Crippen molar-refractivity contribution < 1.29 is 13.9 Å². The van der Waals surface area contributed by atoms with Gasteiger partial charge in [-0.3, -0.25) is 0 Å². The summed E-state index contributed by atoms with van der Waals surface area (Å²) in [5, 5.41) is 0. The van der Waals surface area contributed by atoms with Crippen molar-refractivity contribution in [2.24, 2.45) is 0 Å². The van der Waals surface area contributed by atoms with Gasteiger partial charge in [-0.05, 0) is 31.9 Å². The second-order valence-electron chi connectivity index (χ2n) is 3.45. The van der Waals surface area contributed by atoms with Crippen molar-refractivity contribution in [2.75, 3.05) is 0 Å². The van der Waals surface area contributed by atoms with E-state index in [1.807, 2.05) is 19.1 Å². The van der Waals surface area contributed by atoms with Gasteiger partial charge < -0.3 is 4.74 Å². The summed E-state index contributed by atoms with van der Waals surface area (Å²) < 4.78 is 17.3. The lowest BCUT2D eigenvalue weighted by molar-refractivity contribution is -0.137. The van der Waals surface area contributed by atoms with Crippen LogP contribution in [0.1, 0.15) is 16.7 Å². The van der Waals surface area contributed by atoms with Crippen LogP contribution < -0.4 is 4.74 Å². The average molecular weight is 231 g/mol. The van der Waals surface area contributed by atoms with Gasteiger partial charge in [0.25, 0.3) is 5.63 Å². The van der Waals surface area contributed by atoms with Gasteiger partial charge in [-0.15, -0.1) is 0 Å². The highest BCUT2D eigenvalue weighted by Crippen LogP contribution is 2.25. The SMILES string of the molecule is Cc1cc(C)c(OC(=O)C(F)Cl)c(C)c1. The number of hydrogen-bond donors (Lipinski definition) is 0. The Hall–Kier alpha value is -1.09. The summed E-state index contributed by atoms with van der Waals surface area (Å²) in [7, 11) is 0. The Morgan fingerprint density at radius 1 is 1.33 bits per heavy atom. The third-order valence-corrected chi connectivity index (χ3v) is 2.16. The molecule has 0 bridgehead atoms. The average Bonchev–Trinajstić information content (AvgIpc) is 2.10. The molecule has 0 aliphatic heterocycles. The van der Waals surface area contributed by atoms with Gasteiger partial charge in [0.2, 0.25) is 0 Å².